The van der Waals surface area contributed by atoms with Crippen molar-refractivity contribution in [2.75, 3.05) is 19.8 Å². The Bertz CT molecular complexity index is 459. The van der Waals surface area contributed by atoms with E-state index in [2.05, 4.69) is 0 Å². The zero-order valence-corrected chi connectivity index (χ0v) is 13.0. The summed E-state index contributed by atoms with van der Waals surface area (Å²) in [7, 11) is 0. The van der Waals surface area contributed by atoms with E-state index in [9.17, 15) is 10.1 Å². The lowest BCUT2D eigenvalue weighted by atomic mass is 10.2. The summed E-state index contributed by atoms with van der Waals surface area (Å²) in [5.74, 6) is 0.638. The number of benzene rings is 1. The quantitative estimate of drug-likeness (QED) is 0.360. The van der Waals surface area contributed by atoms with Crippen molar-refractivity contribution in [2.45, 2.75) is 19.3 Å². The molecular formula is C14H17Cl2NO4. The number of nitro benzene ring substituents is 1. The third-order valence-corrected chi connectivity index (χ3v) is 2.91. The lowest BCUT2D eigenvalue weighted by molar-refractivity contribution is -0.384. The predicted molar refractivity (Wildman–Crippen MR) is 83.1 cm³/mol. The van der Waals surface area contributed by atoms with Gasteiger partial charge in [-0.05, 0) is 37.5 Å². The highest BCUT2D eigenvalue weighted by Crippen LogP contribution is 2.17. The SMILES string of the molecule is O=[N+]([O-])c1ccc(OCCCCCOCC=C(Cl)Cl)cc1. The molecule has 0 bridgehead atoms. The maximum Gasteiger partial charge on any atom is 0.269 e. The summed E-state index contributed by atoms with van der Waals surface area (Å²) in [6.45, 7) is 1.64. The first kappa shape index (κ1) is 17.8. The number of rotatable bonds is 10. The van der Waals surface area contributed by atoms with Gasteiger partial charge in [0.1, 0.15) is 10.2 Å². The van der Waals surface area contributed by atoms with E-state index in [-0.39, 0.29) is 10.2 Å². The van der Waals surface area contributed by atoms with E-state index in [0.29, 0.717) is 25.6 Å². The van der Waals surface area contributed by atoms with Crippen LogP contribution in [0.2, 0.25) is 0 Å². The number of ether oxygens (including phenoxy) is 2. The minimum absolute atomic E-state index is 0.0607. The van der Waals surface area contributed by atoms with Crippen molar-refractivity contribution >= 4 is 28.9 Å². The number of nitro groups is 1. The Morgan fingerprint density at radius 3 is 2.43 bits per heavy atom. The second kappa shape index (κ2) is 10.4. The third kappa shape index (κ3) is 8.55. The van der Waals surface area contributed by atoms with E-state index < -0.39 is 4.92 Å². The lowest BCUT2D eigenvalue weighted by Gasteiger charge is -2.06. The number of nitrogens with zero attached hydrogens (tertiary/aromatic N) is 1. The van der Waals surface area contributed by atoms with Crippen LogP contribution < -0.4 is 4.74 Å². The van der Waals surface area contributed by atoms with Gasteiger partial charge in [-0.15, -0.1) is 0 Å². The summed E-state index contributed by atoms with van der Waals surface area (Å²) >= 11 is 10.9. The van der Waals surface area contributed by atoms with E-state index in [4.69, 9.17) is 32.7 Å². The third-order valence-electron chi connectivity index (χ3n) is 2.60. The summed E-state index contributed by atoms with van der Waals surface area (Å²) in [6.07, 6.45) is 4.40. The molecule has 0 N–H and O–H groups in total. The summed E-state index contributed by atoms with van der Waals surface area (Å²) in [6, 6.07) is 6.06. The first-order valence-electron chi connectivity index (χ1n) is 6.56. The van der Waals surface area contributed by atoms with Crippen LogP contribution in [0.1, 0.15) is 19.3 Å². The van der Waals surface area contributed by atoms with E-state index >= 15 is 0 Å². The van der Waals surface area contributed by atoms with Crippen LogP contribution in [0.3, 0.4) is 0 Å². The van der Waals surface area contributed by atoms with Gasteiger partial charge in [-0.3, -0.25) is 10.1 Å². The Morgan fingerprint density at radius 2 is 1.81 bits per heavy atom. The monoisotopic (exact) mass is 333 g/mol. The summed E-state index contributed by atoms with van der Waals surface area (Å²) in [4.78, 5) is 10.1. The largest absolute Gasteiger partial charge is 0.494 e. The average Bonchev–Trinajstić information content (AvgIpc) is 2.45. The zero-order valence-electron chi connectivity index (χ0n) is 11.5. The van der Waals surface area contributed by atoms with Crippen LogP contribution in [0.5, 0.6) is 5.75 Å². The molecule has 0 saturated heterocycles. The van der Waals surface area contributed by atoms with E-state index in [0.717, 1.165) is 19.3 Å². The number of non-ortho nitro benzene ring substituents is 1. The molecule has 7 heteroatoms. The highest BCUT2D eigenvalue weighted by molar-refractivity contribution is 6.55. The van der Waals surface area contributed by atoms with E-state index in [1.165, 1.54) is 12.1 Å². The van der Waals surface area contributed by atoms with Crippen LogP contribution in [0.4, 0.5) is 5.69 Å². The van der Waals surface area contributed by atoms with Gasteiger partial charge < -0.3 is 9.47 Å². The molecule has 0 amide bonds. The van der Waals surface area contributed by atoms with Gasteiger partial charge in [0, 0.05) is 18.7 Å². The van der Waals surface area contributed by atoms with Crippen LogP contribution in [-0.4, -0.2) is 24.7 Å². The molecule has 116 valence electrons. The lowest BCUT2D eigenvalue weighted by Crippen LogP contribution is -1.99. The molecule has 0 spiro atoms. The van der Waals surface area contributed by atoms with Gasteiger partial charge in [0.05, 0.1) is 18.1 Å². The Labute approximate surface area is 133 Å². The van der Waals surface area contributed by atoms with E-state index in [1.807, 2.05) is 0 Å². The maximum absolute atomic E-state index is 10.5. The van der Waals surface area contributed by atoms with Gasteiger partial charge >= 0.3 is 0 Å². The Balaban J connectivity index is 2.04. The van der Waals surface area contributed by atoms with Crippen molar-refractivity contribution in [3.05, 3.63) is 44.9 Å². The molecule has 0 fully saturated rings. The molecule has 0 aromatic heterocycles. The van der Waals surface area contributed by atoms with Crippen molar-refractivity contribution < 1.29 is 14.4 Å². The fourth-order valence-corrected chi connectivity index (χ4v) is 1.67. The van der Waals surface area contributed by atoms with Gasteiger partial charge in [0.15, 0.2) is 0 Å². The van der Waals surface area contributed by atoms with Gasteiger partial charge in [0.25, 0.3) is 5.69 Å². The summed E-state index contributed by atoms with van der Waals surface area (Å²) in [5.41, 5.74) is 0.0607. The molecule has 1 aromatic carbocycles. The van der Waals surface area contributed by atoms with Crippen molar-refractivity contribution in [1.82, 2.24) is 0 Å². The molecule has 0 aliphatic rings. The molecule has 0 aliphatic heterocycles. The highest BCUT2D eigenvalue weighted by atomic mass is 35.5. The second-order valence-electron chi connectivity index (χ2n) is 4.23. The standard InChI is InChI=1S/C14H17Cl2NO4/c15-14(16)8-11-20-9-2-1-3-10-21-13-6-4-12(5-7-13)17(18)19/h4-8H,1-3,9-11H2. The van der Waals surface area contributed by atoms with Gasteiger partial charge in [0.2, 0.25) is 0 Å². The van der Waals surface area contributed by atoms with Crippen molar-refractivity contribution in [3.8, 4) is 5.75 Å². The first-order chi connectivity index (χ1) is 10.1. The maximum atomic E-state index is 10.5. The van der Waals surface area contributed by atoms with Crippen LogP contribution in [0.15, 0.2) is 34.8 Å². The topological polar surface area (TPSA) is 61.6 Å². The van der Waals surface area contributed by atoms with Crippen molar-refractivity contribution in [3.63, 3.8) is 0 Å². The molecule has 1 aromatic rings. The molecular weight excluding hydrogens is 317 g/mol. The Morgan fingerprint density at radius 1 is 1.14 bits per heavy atom. The molecule has 0 atom stereocenters. The van der Waals surface area contributed by atoms with Gasteiger partial charge in [-0.2, -0.15) is 0 Å². The fourth-order valence-electron chi connectivity index (χ4n) is 1.54. The van der Waals surface area contributed by atoms with Crippen LogP contribution in [-0.2, 0) is 4.74 Å². The normalized spacial score (nSPS) is 10.2. The Kier molecular flexibility index (Phi) is 8.82. The molecule has 0 radical (unpaired) electrons. The van der Waals surface area contributed by atoms with Crippen molar-refractivity contribution in [2.24, 2.45) is 0 Å². The summed E-state index contributed by atoms with van der Waals surface area (Å²) < 4.78 is 11.0. The molecule has 0 aliphatic carbocycles. The molecule has 5 nitrogen and oxygen atoms in total. The van der Waals surface area contributed by atoms with Crippen LogP contribution >= 0.6 is 23.2 Å². The average molecular weight is 334 g/mol. The molecule has 1 rings (SSSR count). The number of unbranched alkanes of at least 4 members (excludes halogenated alkanes) is 2. The Hall–Kier alpha value is -1.30. The highest BCUT2D eigenvalue weighted by Gasteiger charge is 2.03. The molecule has 0 heterocycles. The minimum Gasteiger partial charge on any atom is -0.494 e. The van der Waals surface area contributed by atoms with E-state index in [1.54, 1.807) is 18.2 Å². The van der Waals surface area contributed by atoms with Gasteiger partial charge in [-0.1, -0.05) is 23.2 Å². The van der Waals surface area contributed by atoms with Crippen molar-refractivity contribution in [1.29, 1.82) is 0 Å². The fraction of sp³-hybridized carbons (Fsp3) is 0.429. The van der Waals surface area contributed by atoms with Crippen LogP contribution in [0, 0.1) is 10.1 Å². The molecule has 0 unspecified atom stereocenters. The second-order valence-corrected chi connectivity index (χ2v) is 5.24. The number of halogens is 2. The smallest absolute Gasteiger partial charge is 0.269 e. The molecule has 0 saturated carbocycles. The predicted octanol–water partition coefficient (Wildman–Crippen LogP) is 4.48. The summed E-state index contributed by atoms with van der Waals surface area (Å²) in [5, 5.41) is 10.5. The minimum atomic E-state index is -0.434. The first-order valence-corrected chi connectivity index (χ1v) is 7.31. The zero-order chi connectivity index (χ0) is 15.5. The van der Waals surface area contributed by atoms with Gasteiger partial charge in [-0.25, -0.2) is 0 Å². The van der Waals surface area contributed by atoms with Crippen LogP contribution in [0.25, 0.3) is 0 Å². The number of hydrogen-bond donors (Lipinski definition) is 0. The molecule has 21 heavy (non-hydrogen) atoms. The number of hydrogen-bond acceptors (Lipinski definition) is 4.